The van der Waals surface area contributed by atoms with Crippen LogP contribution in [0.15, 0.2) is 42.5 Å². The fraction of sp³-hybridized carbons (Fsp3) is 0.318. The minimum atomic E-state index is -0.760. The normalized spacial score (nSPS) is 11.4. The van der Waals surface area contributed by atoms with Crippen LogP contribution in [0.2, 0.25) is 0 Å². The molecule has 1 unspecified atom stereocenters. The fourth-order valence-electron chi connectivity index (χ4n) is 2.76. The number of carbonyl (C=O) groups excluding carboxylic acids is 3. The quantitative estimate of drug-likeness (QED) is 0.617. The van der Waals surface area contributed by atoms with Gasteiger partial charge in [-0.3, -0.25) is 14.4 Å². The lowest BCUT2D eigenvalue weighted by Crippen LogP contribution is -2.47. The van der Waals surface area contributed by atoms with Crippen LogP contribution in [0.25, 0.3) is 0 Å². The van der Waals surface area contributed by atoms with Crippen LogP contribution in [0.3, 0.4) is 0 Å². The summed E-state index contributed by atoms with van der Waals surface area (Å²) in [5.41, 5.74) is 1.50. The first kappa shape index (κ1) is 22.7. The second-order valence-corrected chi connectivity index (χ2v) is 7.04. The van der Waals surface area contributed by atoms with Gasteiger partial charge in [-0.15, -0.1) is 0 Å². The van der Waals surface area contributed by atoms with Gasteiger partial charge in [-0.1, -0.05) is 13.8 Å². The zero-order chi connectivity index (χ0) is 22.3. The monoisotopic (exact) mass is 413 g/mol. The first-order valence-electron chi connectivity index (χ1n) is 9.46. The molecule has 0 fully saturated rings. The lowest BCUT2D eigenvalue weighted by molar-refractivity contribution is -0.119. The highest BCUT2D eigenvalue weighted by atomic mass is 16.5. The largest absolute Gasteiger partial charge is 0.497 e. The molecule has 0 heterocycles. The van der Waals surface area contributed by atoms with Crippen molar-refractivity contribution in [2.45, 2.75) is 26.8 Å². The molecule has 0 aliphatic heterocycles. The number of ether oxygens (including phenoxy) is 2. The van der Waals surface area contributed by atoms with Crippen molar-refractivity contribution in [2.75, 3.05) is 24.9 Å². The average molecular weight is 413 g/mol. The van der Waals surface area contributed by atoms with Crippen molar-refractivity contribution in [1.82, 2.24) is 5.32 Å². The number of methoxy groups -OCH3 is 2. The van der Waals surface area contributed by atoms with Crippen LogP contribution in [-0.2, 0) is 9.59 Å². The molecule has 8 nitrogen and oxygen atoms in total. The van der Waals surface area contributed by atoms with E-state index in [0.29, 0.717) is 28.4 Å². The summed E-state index contributed by atoms with van der Waals surface area (Å²) in [5.74, 6) is -0.139. The van der Waals surface area contributed by atoms with Gasteiger partial charge in [-0.05, 0) is 42.3 Å². The maximum absolute atomic E-state index is 12.8. The number of rotatable bonds is 8. The second kappa shape index (κ2) is 10.3. The maximum atomic E-state index is 12.8. The zero-order valence-electron chi connectivity index (χ0n) is 17.7. The van der Waals surface area contributed by atoms with Crippen molar-refractivity contribution >= 4 is 29.1 Å². The Kier molecular flexibility index (Phi) is 7.80. The molecule has 0 spiro atoms. The van der Waals surface area contributed by atoms with Crippen LogP contribution in [0.4, 0.5) is 11.4 Å². The van der Waals surface area contributed by atoms with Gasteiger partial charge in [0.05, 0.1) is 14.2 Å². The van der Waals surface area contributed by atoms with E-state index in [1.54, 1.807) is 42.5 Å². The van der Waals surface area contributed by atoms with Crippen LogP contribution >= 0.6 is 0 Å². The molecule has 30 heavy (non-hydrogen) atoms. The lowest BCUT2D eigenvalue weighted by atomic mass is 10.0. The van der Waals surface area contributed by atoms with Crippen molar-refractivity contribution in [3.05, 3.63) is 48.0 Å². The van der Waals surface area contributed by atoms with Gasteiger partial charge in [-0.2, -0.15) is 0 Å². The van der Waals surface area contributed by atoms with Crippen molar-refractivity contribution in [1.29, 1.82) is 0 Å². The van der Waals surface area contributed by atoms with Crippen LogP contribution in [0.1, 0.15) is 31.1 Å². The average Bonchev–Trinajstić information content (AvgIpc) is 2.71. The van der Waals surface area contributed by atoms with E-state index >= 15 is 0 Å². The Labute approximate surface area is 175 Å². The first-order valence-corrected chi connectivity index (χ1v) is 9.46. The summed E-state index contributed by atoms with van der Waals surface area (Å²) in [7, 11) is 3.00. The molecule has 8 heteroatoms. The molecule has 0 aliphatic rings. The molecule has 0 radical (unpaired) electrons. The van der Waals surface area contributed by atoms with Gasteiger partial charge in [0.15, 0.2) is 0 Å². The molecule has 0 aliphatic carbocycles. The molecule has 0 saturated heterocycles. The van der Waals surface area contributed by atoms with Crippen LogP contribution in [0, 0.1) is 5.92 Å². The molecular formula is C22H27N3O5. The summed E-state index contributed by atoms with van der Waals surface area (Å²) in [4.78, 5) is 36.6. The zero-order valence-corrected chi connectivity index (χ0v) is 17.7. The number of amides is 3. The lowest BCUT2D eigenvalue weighted by Gasteiger charge is -2.22. The molecule has 0 saturated carbocycles. The number of hydrogen-bond acceptors (Lipinski definition) is 5. The van der Waals surface area contributed by atoms with Gasteiger partial charge < -0.3 is 25.4 Å². The summed E-state index contributed by atoms with van der Waals surface area (Å²) in [5, 5.41) is 8.22. The minimum Gasteiger partial charge on any atom is -0.497 e. The highest BCUT2D eigenvalue weighted by molar-refractivity contribution is 6.01. The highest BCUT2D eigenvalue weighted by Gasteiger charge is 2.25. The smallest absolute Gasteiger partial charge is 0.252 e. The molecule has 2 aromatic carbocycles. The van der Waals surface area contributed by atoms with E-state index < -0.39 is 11.9 Å². The Hall–Kier alpha value is -3.55. The van der Waals surface area contributed by atoms with E-state index in [1.165, 1.54) is 21.1 Å². The third kappa shape index (κ3) is 6.23. The van der Waals surface area contributed by atoms with E-state index in [2.05, 4.69) is 16.0 Å². The van der Waals surface area contributed by atoms with Crippen LogP contribution in [-0.4, -0.2) is 38.0 Å². The van der Waals surface area contributed by atoms with Gasteiger partial charge in [0.25, 0.3) is 5.91 Å². The first-order chi connectivity index (χ1) is 14.2. The van der Waals surface area contributed by atoms with E-state index in [9.17, 15) is 14.4 Å². The Morgan fingerprint density at radius 2 is 1.33 bits per heavy atom. The topological polar surface area (TPSA) is 106 Å². The third-order valence-corrected chi connectivity index (χ3v) is 4.32. The molecular weight excluding hydrogens is 386 g/mol. The molecule has 1 atom stereocenters. The summed E-state index contributed by atoms with van der Waals surface area (Å²) >= 11 is 0. The SMILES string of the molecule is COc1cc(OC)cc(C(=O)NC(C(=O)Nc2ccc(NC(C)=O)cc2)C(C)C)c1. The van der Waals surface area contributed by atoms with Gasteiger partial charge in [0.2, 0.25) is 11.8 Å². The van der Waals surface area contributed by atoms with E-state index in [1.807, 2.05) is 13.8 Å². The summed E-state index contributed by atoms with van der Waals surface area (Å²) < 4.78 is 10.4. The van der Waals surface area contributed by atoms with E-state index in [0.717, 1.165) is 0 Å². The predicted molar refractivity (Wildman–Crippen MR) is 115 cm³/mol. The van der Waals surface area contributed by atoms with Crippen LogP contribution < -0.4 is 25.4 Å². The van der Waals surface area contributed by atoms with Gasteiger partial charge in [0.1, 0.15) is 17.5 Å². The number of anilines is 2. The summed E-state index contributed by atoms with van der Waals surface area (Å²) in [6.45, 7) is 5.11. The van der Waals surface area contributed by atoms with Gasteiger partial charge in [0, 0.05) is 29.9 Å². The molecule has 0 aromatic heterocycles. The molecule has 3 N–H and O–H groups in total. The van der Waals surface area contributed by atoms with Crippen molar-refractivity contribution in [3.8, 4) is 11.5 Å². The minimum absolute atomic E-state index is 0.153. The standard InChI is InChI=1S/C22H27N3O5/c1-13(2)20(22(28)24-17-8-6-16(7-9-17)23-14(3)26)25-21(27)15-10-18(29-4)12-19(11-15)30-5/h6-13,20H,1-5H3,(H,23,26)(H,24,28)(H,25,27). The number of carbonyl (C=O) groups is 3. The summed E-state index contributed by atoms with van der Waals surface area (Å²) in [6.07, 6.45) is 0. The Balaban J connectivity index is 2.12. The number of nitrogens with one attached hydrogen (secondary N) is 3. The van der Waals surface area contributed by atoms with Crippen molar-refractivity contribution in [2.24, 2.45) is 5.92 Å². The molecule has 2 aromatic rings. The maximum Gasteiger partial charge on any atom is 0.252 e. The van der Waals surface area contributed by atoms with Crippen molar-refractivity contribution in [3.63, 3.8) is 0 Å². The van der Waals surface area contributed by atoms with Crippen molar-refractivity contribution < 1.29 is 23.9 Å². The highest BCUT2D eigenvalue weighted by Crippen LogP contribution is 2.23. The Bertz CT molecular complexity index is 887. The number of benzene rings is 2. The molecule has 3 amide bonds. The summed E-state index contributed by atoms with van der Waals surface area (Å²) in [6, 6.07) is 10.8. The molecule has 160 valence electrons. The fourth-order valence-corrected chi connectivity index (χ4v) is 2.76. The molecule has 0 bridgehead atoms. The Morgan fingerprint density at radius 1 is 0.833 bits per heavy atom. The number of hydrogen-bond donors (Lipinski definition) is 3. The predicted octanol–water partition coefficient (Wildman–Crippen LogP) is 3.06. The molecule has 2 rings (SSSR count). The third-order valence-electron chi connectivity index (χ3n) is 4.32. The van der Waals surface area contributed by atoms with Gasteiger partial charge >= 0.3 is 0 Å². The van der Waals surface area contributed by atoms with E-state index in [-0.39, 0.29) is 17.7 Å². The Morgan fingerprint density at radius 3 is 1.77 bits per heavy atom. The van der Waals surface area contributed by atoms with E-state index in [4.69, 9.17) is 9.47 Å². The van der Waals surface area contributed by atoms with Gasteiger partial charge in [-0.25, -0.2) is 0 Å². The second-order valence-electron chi connectivity index (χ2n) is 7.04. The van der Waals surface area contributed by atoms with Crippen LogP contribution in [0.5, 0.6) is 11.5 Å².